The summed E-state index contributed by atoms with van der Waals surface area (Å²) < 4.78 is 14.5. The van der Waals surface area contributed by atoms with Crippen LogP contribution in [0.2, 0.25) is 0 Å². The summed E-state index contributed by atoms with van der Waals surface area (Å²) in [7, 11) is 1.83. The van der Waals surface area contributed by atoms with E-state index >= 15 is 0 Å². The first kappa shape index (κ1) is 13.0. The highest BCUT2D eigenvalue weighted by Crippen LogP contribution is 2.50. The van der Waals surface area contributed by atoms with Crippen LogP contribution in [0, 0.1) is 5.41 Å². The molecule has 1 aliphatic heterocycles. The third kappa shape index (κ3) is 2.18. The Kier molecular flexibility index (Phi) is 2.73. The fourth-order valence-corrected chi connectivity index (χ4v) is 3.06. The number of hydrogen-bond acceptors (Lipinski definition) is 4. The second kappa shape index (κ2) is 4.40. The summed E-state index contributed by atoms with van der Waals surface area (Å²) in [4.78, 5) is 0. The van der Waals surface area contributed by atoms with Gasteiger partial charge in [0.05, 0.1) is 18.9 Å². The number of aromatic nitrogens is 2. The highest BCUT2D eigenvalue weighted by atomic mass is 79.9. The lowest BCUT2D eigenvalue weighted by Crippen LogP contribution is -2.17. The van der Waals surface area contributed by atoms with Crippen molar-refractivity contribution in [2.24, 2.45) is 12.5 Å². The molecule has 0 radical (unpaired) electrons. The maximum atomic E-state index is 5.97. The summed E-state index contributed by atoms with van der Waals surface area (Å²) in [6.07, 6.45) is 2.37. The zero-order chi connectivity index (χ0) is 14.6. The fraction of sp³-hybridized carbons (Fsp3) is 0.400. The van der Waals surface area contributed by atoms with Crippen LogP contribution >= 0.6 is 15.9 Å². The van der Waals surface area contributed by atoms with Crippen molar-refractivity contribution in [1.82, 2.24) is 9.78 Å². The number of nitrogens with two attached hydrogens (primary N) is 1. The van der Waals surface area contributed by atoms with E-state index < -0.39 is 0 Å². The first-order valence-electron chi connectivity index (χ1n) is 6.95. The van der Waals surface area contributed by atoms with Gasteiger partial charge in [0.1, 0.15) is 5.82 Å². The quantitative estimate of drug-likeness (QED) is 0.859. The van der Waals surface area contributed by atoms with Gasteiger partial charge in [-0.25, -0.2) is 0 Å². The van der Waals surface area contributed by atoms with E-state index in [9.17, 15) is 0 Å². The lowest BCUT2D eigenvalue weighted by atomic mass is 10.1. The smallest absolute Gasteiger partial charge is 0.162 e. The summed E-state index contributed by atoms with van der Waals surface area (Å²) >= 11 is 3.59. The van der Waals surface area contributed by atoms with Gasteiger partial charge in [-0.15, -0.1) is 0 Å². The number of halogens is 1. The monoisotopic (exact) mass is 349 g/mol. The molecule has 1 fully saturated rings. The van der Waals surface area contributed by atoms with E-state index in [1.807, 2.05) is 25.2 Å². The van der Waals surface area contributed by atoms with Crippen LogP contribution in [0.1, 0.15) is 12.8 Å². The van der Waals surface area contributed by atoms with Crippen molar-refractivity contribution in [3.05, 3.63) is 22.7 Å². The molecule has 2 heterocycles. The number of hydrogen-bond donors (Lipinski definition) is 1. The Morgan fingerprint density at radius 2 is 1.86 bits per heavy atom. The summed E-state index contributed by atoms with van der Waals surface area (Å²) in [6.45, 7) is 1.47. The lowest BCUT2D eigenvalue weighted by molar-refractivity contribution is 0.197. The topological polar surface area (TPSA) is 62.3 Å². The molecule has 1 saturated carbocycles. The molecular formula is C15H16BrN3O2. The second-order valence-corrected chi connectivity index (χ2v) is 6.79. The maximum Gasteiger partial charge on any atom is 0.162 e. The fourth-order valence-electron chi connectivity index (χ4n) is 2.54. The molecule has 21 heavy (non-hydrogen) atoms. The van der Waals surface area contributed by atoms with Crippen LogP contribution in [0.25, 0.3) is 11.3 Å². The number of nitrogens with zero attached hydrogens (tertiary/aromatic N) is 2. The highest BCUT2D eigenvalue weighted by Gasteiger charge is 2.46. The Morgan fingerprint density at radius 1 is 1.19 bits per heavy atom. The zero-order valence-electron chi connectivity index (χ0n) is 11.7. The number of rotatable bonds is 1. The predicted molar refractivity (Wildman–Crippen MR) is 83.4 cm³/mol. The Bertz CT molecular complexity index is 702. The molecule has 110 valence electrons. The molecule has 1 aliphatic carbocycles. The Labute approximate surface area is 131 Å². The van der Waals surface area contributed by atoms with Crippen LogP contribution in [0.3, 0.4) is 0 Å². The molecule has 2 aliphatic rings. The largest absolute Gasteiger partial charge is 0.489 e. The van der Waals surface area contributed by atoms with Crippen molar-refractivity contribution in [3.63, 3.8) is 0 Å². The molecule has 2 aromatic rings. The molecule has 0 amide bonds. The molecule has 0 atom stereocenters. The van der Waals surface area contributed by atoms with E-state index in [0.29, 0.717) is 5.82 Å². The van der Waals surface area contributed by atoms with Gasteiger partial charge < -0.3 is 15.2 Å². The minimum atomic E-state index is 0.237. The normalized spacial score (nSPS) is 18.6. The molecule has 1 aromatic carbocycles. The van der Waals surface area contributed by atoms with Crippen LogP contribution in [0.5, 0.6) is 11.5 Å². The van der Waals surface area contributed by atoms with Gasteiger partial charge >= 0.3 is 0 Å². The first-order chi connectivity index (χ1) is 10.1. The summed E-state index contributed by atoms with van der Waals surface area (Å²) in [6, 6.07) is 5.78. The molecule has 0 unspecified atom stereocenters. The summed E-state index contributed by atoms with van der Waals surface area (Å²) in [5.74, 6) is 2.19. The molecule has 1 aromatic heterocycles. The van der Waals surface area contributed by atoms with Gasteiger partial charge in [-0.2, -0.15) is 5.10 Å². The standard InChI is InChI=1S/C15H16BrN3O2/c1-19-14(17)6-11(18-19)9-4-12-13(5-10(9)16)21-8-15(2-3-15)7-20-12/h4-6H,2-3,7-8,17H2,1H3. The first-order valence-corrected chi connectivity index (χ1v) is 7.75. The average molecular weight is 350 g/mol. The van der Waals surface area contributed by atoms with Gasteiger partial charge in [-0.3, -0.25) is 4.68 Å². The van der Waals surface area contributed by atoms with Gasteiger partial charge in [-0.1, -0.05) is 0 Å². The Morgan fingerprint density at radius 3 is 2.43 bits per heavy atom. The number of fused-ring (bicyclic) bond motifs is 1. The number of aryl methyl sites for hydroxylation is 1. The molecule has 4 rings (SSSR count). The summed E-state index contributed by atoms with van der Waals surface area (Å²) in [5.41, 5.74) is 7.87. The van der Waals surface area contributed by atoms with E-state index in [-0.39, 0.29) is 5.41 Å². The van der Waals surface area contributed by atoms with E-state index in [1.165, 1.54) is 12.8 Å². The van der Waals surface area contributed by atoms with E-state index in [0.717, 1.165) is 40.4 Å². The van der Waals surface area contributed by atoms with Crippen molar-refractivity contribution in [2.45, 2.75) is 12.8 Å². The van der Waals surface area contributed by atoms with Crippen molar-refractivity contribution in [2.75, 3.05) is 18.9 Å². The van der Waals surface area contributed by atoms with Crippen molar-refractivity contribution >= 4 is 21.7 Å². The van der Waals surface area contributed by atoms with Gasteiger partial charge in [0.25, 0.3) is 0 Å². The van der Waals surface area contributed by atoms with Crippen LogP contribution in [-0.2, 0) is 7.05 Å². The zero-order valence-corrected chi connectivity index (χ0v) is 13.3. The van der Waals surface area contributed by atoms with E-state index in [1.54, 1.807) is 4.68 Å². The van der Waals surface area contributed by atoms with Crippen molar-refractivity contribution < 1.29 is 9.47 Å². The molecule has 6 heteroatoms. The van der Waals surface area contributed by atoms with Crippen LogP contribution in [0.15, 0.2) is 22.7 Å². The third-order valence-electron chi connectivity index (χ3n) is 4.25. The van der Waals surface area contributed by atoms with Gasteiger partial charge in [0.15, 0.2) is 11.5 Å². The minimum absolute atomic E-state index is 0.237. The lowest BCUT2D eigenvalue weighted by Gasteiger charge is -2.10. The summed E-state index contributed by atoms with van der Waals surface area (Å²) in [5, 5.41) is 4.42. The molecule has 2 N–H and O–H groups in total. The Hall–Kier alpha value is -1.69. The minimum Gasteiger partial charge on any atom is -0.489 e. The molecule has 0 bridgehead atoms. The molecule has 5 nitrogen and oxygen atoms in total. The van der Waals surface area contributed by atoms with Gasteiger partial charge in [0, 0.05) is 28.6 Å². The van der Waals surface area contributed by atoms with Crippen LogP contribution in [0.4, 0.5) is 5.82 Å². The van der Waals surface area contributed by atoms with Crippen molar-refractivity contribution in [1.29, 1.82) is 0 Å². The Balaban J connectivity index is 1.75. The van der Waals surface area contributed by atoms with E-state index in [2.05, 4.69) is 21.0 Å². The number of benzene rings is 1. The van der Waals surface area contributed by atoms with Crippen molar-refractivity contribution in [3.8, 4) is 22.8 Å². The van der Waals surface area contributed by atoms with Crippen LogP contribution in [-0.4, -0.2) is 23.0 Å². The number of ether oxygens (including phenoxy) is 2. The second-order valence-electron chi connectivity index (χ2n) is 5.93. The number of nitrogen functional groups attached to an aromatic ring is 1. The van der Waals surface area contributed by atoms with Gasteiger partial charge in [-0.05, 0) is 40.9 Å². The molecule has 1 spiro atoms. The van der Waals surface area contributed by atoms with E-state index in [4.69, 9.17) is 15.2 Å². The predicted octanol–water partition coefficient (Wildman–Crippen LogP) is 2.98. The van der Waals surface area contributed by atoms with Gasteiger partial charge in [0.2, 0.25) is 0 Å². The molecular weight excluding hydrogens is 334 g/mol. The number of anilines is 1. The third-order valence-corrected chi connectivity index (χ3v) is 4.91. The molecule has 0 saturated heterocycles. The average Bonchev–Trinajstić information content (AvgIpc) is 3.19. The maximum absolute atomic E-state index is 5.97. The SMILES string of the molecule is Cn1nc(-c2cc3c(cc2Br)OCC2(CC2)CO3)cc1N. The highest BCUT2D eigenvalue weighted by molar-refractivity contribution is 9.10. The van der Waals surface area contributed by atoms with Crippen LogP contribution < -0.4 is 15.2 Å².